The molecule has 0 spiro atoms. The van der Waals surface area contributed by atoms with E-state index >= 15 is 0 Å². The highest BCUT2D eigenvalue weighted by Crippen LogP contribution is 2.20. The summed E-state index contributed by atoms with van der Waals surface area (Å²) < 4.78 is 5.80. The number of ether oxygens (including phenoxy) is 1. The number of carbonyl (C=O) groups is 2. The number of likely N-dealkylation sites (N-methyl/N-ethyl adjacent to an activating group) is 1. The minimum atomic E-state index is -0.541. The molecule has 5 nitrogen and oxygen atoms in total. The van der Waals surface area contributed by atoms with Crippen LogP contribution in [-0.2, 0) is 16.1 Å². The number of nitrogens with zero attached hydrogens (tertiary/aromatic N) is 1. The van der Waals surface area contributed by atoms with E-state index in [4.69, 9.17) is 4.74 Å². The highest BCUT2D eigenvalue weighted by molar-refractivity contribution is 5.88. The Labute approximate surface area is 167 Å². The third-order valence-corrected chi connectivity index (χ3v) is 4.80. The number of aryl methyl sites for hydroxylation is 3. The van der Waals surface area contributed by atoms with Crippen LogP contribution in [0, 0.1) is 20.8 Å². The second-order valence-corrected chi connectivity index (χ2v) is 7.10. The molecule has 2 amide bonds. The number of hydrogen-bond acceptors (Lipinski definition) is 3. The van der Waals surface area contributed by atoms with Crippen molar-refractivity contribution in [1.82, 2.24) is 10.2 Å². The first kappa shape index (κ1) is 21.5. The number of nitrogens with one attached hydrogen (secondary N) is 1. The fraction of sp³-hybridized carbons (Fsp3) is 0.391. The molecule has 0 fully saturated rings. The lowest BCUT2D eigenvalue weighted by Crippen LogP contribution is -2.49. The molecule has 2 aromatic rings. The zero-order valence-electron chi connectivity index (χ0n) is 17.4. The topological polar surface area (TPSA) is 58.6 Å². The van der Waals surface area contributed by atoms with Crippen molar-refractivity contribution in [3.63, 3.8) is 0 Å². The van der Waals surface area contributed by atoms with Gasteiger partial charge in [0.25, 0.3) is 5.91 Å². The van der Waals surface area contributed by atoms with Crippen LogP contribution in [0.5, 0.6) is 5.75 Å². The summed E-state index contributed by atoms with van der Waals surface area (Å²) >= 11 is 0. The van der Waals surface area contributed by atoms with Gasteiger partial charge in [-0.3, -0.25) is 9.59 Å². The molecule has 2 aromatic carbocycles. The first-order valence-electron chi connectivity index (χ1n) is 9.62. The maximum atomic E-state index is 13.0. The summed E-state index contributed by atoms with van der Waals surface area (Å²) in [5.74, 6) is 0.309. The van der Waals surface area contributed by atoms with Crippen molar-refractivity contribution in [1.29, 1.82) is 0 Å². The van der Waals surface area contributed by atoms with Gasteiger partial charge in [0.05, 0.1) is 0 Å². The Morgan fingerprint density at radius 3 is 2.29 bits per heavy atom. The lowest BCUT2D eigenvalue weighted by atomic mass is 10.1. The summed E-state index contributed by atoms with van der Waals surface area (Å²) in [6.07, 6.45) is 0.529. The van der Waals surface area contributed by atoms with Gasteiger partial charge >= 0.3 is 0 Å². The molecule has 0 aliphatic carbocycles. The molecule has 0 radical (unpaired) electrons. The summed E-state index contributed by atoms with van der Waals surface area (Å²) in [4.78, 5) is 27.0. The molecular formula is C23H30N2O3. The van der Waals surface area contributed by atoms with Crippen molar-refractivity contribution < 1.29 is 14.3 Å². The normalized spacial score (nSPS) is 11.6. The van der Waals surface area contributed by atoms with Gasteiger partial charge in [-0.25, -0.2) is 0 Å². The van der Waals surface area contributed by atoms with Crippen LogP contribution >= 0.6 is 0 Å². The minimum absolute atomic E-state index is 0.107. The van der Waals surface area contributed by atoms with Gasteiger partial charge in [0.2, 0.25) is 5.91 Å². The van der Waals surface area contributed by atoms with E-state index in [9.17, 15) is 9.59 Å². The maximum Gasteiger partial charge on any atom is 0.261 e. The number of amides is 2. The molecule has 0 bridgehead atoms. The molecule has 0 saturated heterocycles. The standard InChI is InChI=1S/C23H30N2O3/c1-6-20(23(27)24-5)25(14-19-11-8-16(2)9-12-19)22(26)15-28-21-13-17(3)7-10-18(21)4/h7-13,20H,6,14-15H2,1-5H3,(H,24,27). The van der Waals surface area contributed by atoms with E-state index < -0.39 is 6.04 Å². The molecule has 1 N–H and O–H groups in total. The van der Waals surface area contributed by atoms with Gasteiger partial charge in [0.15, 0.2) is 6.61 Å². The van der Waals surface area contributed by atoms with Crippen molar-refractivity contribution in [2.75, 3.05) is 13.7 Å². The fourth-order valence-electron chi connectivity index (χ4n) is 3.06. The molecule has 0 aliphatic rings. The van der Waals surface area contributed by atoms with E-state index in [-0.39, 0.29) is 18.4 Å². The van der Waals surface area contributed by atoms with Crippen LogP contribution in [0.4, 0.5) is 0 Å². The largest absolute Gasteiger partial charge is 0.483 e. The van der Waals surface area contributed by atoms with Crippen molar-refractivity contribution in [3.8, 4) is 5.75 Å². The second kappa shape index (κ2) is 9.93. The van der Waals surface area contributed by atoms with Gasteiger partial charge in [-0.2, -0.15) is 0 Å². The van der Waals surface area contributed by atoms with E-state index in [1.165, 1.54) is 0 Å². The molecule has 1 unspecified atom stereocenters. The average Bonchev–Trinajstić information content (AvgIpc) is 2.69. The maximum absolute atomic E-state index is 13.0. The molecule has 28 heavy (non-hydrogen) atoms. The highest BCUT2D eigenvalue weighted by atomic mass is 16.5. The van der Waals surface area contributed by atoms with Gasteiger partial charge in [0.1, 0.15) is 11.8 Å². The molecule has 0 aliphatic heterocycles. The van der Waals surface area contributed by atoms with Gasteiger partial charge in [0, 0.05) is 13.6 Å². The summed E-state index contributed by atoms with van der Waals surface area (Å²) in [5, 5.41) is 2.66. The van der Waals surface area contributed by atoms with Crippen molar-refractivity contribution in [2.45, 2.75) is 46.7 Å². The highest BCUT2D eigenvalue weighted by Gasteiger charge is 2.28. The van der Waals surface area contributed by atoms with Crippen LogP contribution in [-0.4, -0.2) is 36.4 Å². The van der Waals surface area contributed by atoms with Crippen molar-refractivity contribution in [2.24, 2.45) is 0 Å². The van der Waals surface area contributed by atoms with Gasteiger partial charge in [-0.05, 0) is 49.9 Å². The first-order valence-corrected chi connectivity index (χ1v) is 9.62. The molecule has 5 heteroatoms. The molecule has 0 aromatic heterocycles. The molecule has 0 heterocycles. The first-order chi connectivity index (χ1) is 13.3. The molecule has 2 rings (SSSR count). The molecular weight excluding hydrogens is 352 g/mol. The third kappa shape index (κ3) is 5.59. The van der Waals surface area contributed by atoms with Crippen molar-refractivity contribution in [3.05, 3.63) is 64.7 Å². The lowest BCUT2D eigenvalue weighted by Gasteiger charge is -2.30. The summed E-state index contributed by atoms with van der Waals surface area (Å²) in [6, 6.07) is 13.3. The van der Waals surface area contributed by atoms with E-state index in [1.807, 2.05) is 70.2 Å². The average molecular weight is 383 g/mol. The van der Waals surface area contributed by atoms with E-state index in [0.29, 0.717) is 18.7 Å². The Bertz CT molecular complexity index is 815. The van der Waals surface area contributed by atoms with E-state index in [2.05, 4.69) is 5.32 Å². The zero-order chi connectivity index (χ0) is 20.7. The number of carbonyl (C=O) groups excluding carboxylic acids is 2. The van der Waals surface area contributed by atoms with E-state index in [0.717, 1.165) is 22.3 Å². The van der Waals surface area contributed by atoms with Crippen LogP contribution in [0.1, 0.15) is 35.6 Å². The zero-order valence-corrected chi connectivity index (χ0v) is 17.4. The van der Waals surface area contributed by atoms with Crippen LogP contribution in [0.15, 0.2) is 42.5 Å². The van der Waals surface area contributed by atoms with Crippen LogP contribution in [0.2, 0.25) is 0 Å². The van der Waals surface area contributed by atoms with Crippen molar-refractivity contribution >= 4 is 11.8 Å². The van der Waals surface area contributed by atoms with Crippen LogP contribution in [0.25, 0.3) is 0 Å². The Hall–Kier alpha value is -2.82. The lowest BCUT2D eigenvalue weighted by molar-refractivity contribution is -0.142. The Kier molecular flexibility index (Phi) is 7.61. The predicted octanol–water partition coefficient (Wildman–Crippen LogP) is 3.54. The third-order valence-electron chi connectivity index (χ3n) is 4.80. The SMILES string of the molecule is CCC(C(=O)NC)N(Cc1ccc(C)cc1)C(=O)COc1cc(C)ccc1C. The van der Waals surface area contributed by atoms with Gasteiger partial charge < -0.3 is 15.0 Å². The Balaban J connectivity index is 2.20. The molecule has 1 atom stereocenters. The fourth-order valence-corrected chi connectivity index (χ4v) is 3.06. The summed E-state index contributed by atoms with van der Waals surface area (Å²) in [7, 11) is 1.59. The van der Waals surface area contributed by atoms with Crippen LogP contribution in [0.3, 0.4) is 0 Å². The second-order valence-electron chi connectivity index (χ2n) is 7.10. The Morgan fingerprint density at radius 2 is 1.68 bits per heavy atom. The monoisotopic (exact) mass is 382 g/mol. The summed E-state index contributed by atoms with van der Waals surface area (Å²) in [5.41, 5.74) is 4.18. The number of benzene rings is 2. The van der Waals surface area contributed by atoms with E-state index in [1.54, 1.807) is 11.9 Å². The van der Waals surface area contributed by atoms with Gasteiger partial charge in [-0.1, -0.05) is 48.9 Å². The molecule has 150 valence electrons. The minimum Gasteiger partial charge on any atom is -0.483 e. The molecule has 0 saturated carbocycles. The number of rotatable bonds is 8. The summed E-state index contributed by atoms with van der Waals surface area (Å²) in [6.45, 7) is 8.11. The number of hydrogen-bond donors (Lipinski definition) is 1. The quantitative estimate of drug-likeness (QED) is 0.760. The van der Waals surface area contributed by atoms with Crippen LogP contribution < -0.4 is 10.1 Å². The smallest absolute Gasteiger partial charge is 0.261 e. The van der Waals surface area contributed by atoms with Gasteiger partial charge in [-0.15, -0.1) is 0 Å². The Morgan fingerprint density at radius 1 is 1.04 bits per heavy atom. The predicted molar refractivity (Wildman–Crippen MR) is 111 cm³/mol.